The highest BCUT2D eigenvalue weighted by molar-refractivity contribution is 5.76. The summed E-state index contributed by atoms with van der Waals surface area (Å²) in [4.78, 5) is 12.5. The molecule has 3 rings (SSSR count). The number of methoxy groups -OCH3 is 1. The number of hydrogen-bond donors (Lipinski definition) is 1. The summed E-state index contributed by atoms with van der Waals surface area (Å²) in [5, 5.41) is 3.06. The number of ether oxygens (including phenoxy) is 1. The largest absolute Gasteiger partial charge is 0.497 e. The van der Waals surface area contributed by atoms with Crippen molar-refractivity contribution < 1.29 is 9.53 Å². The van der Waals surface area contributed by atoms with Gasteiger partial charge in [0.2, 0.25) is 5.91 Å². The number of carbonyl (C=O) groups excluding carboxylic acids is 1. The van der Waals surface area contributed by atoms with Crippen LogP contribution < -0.4 is 10.1 Å². The van der Waals surface area contributed by atoms with Gasteiger partial charge in [0.05, 0.1) is 19.6 Å². The van der Waals surface area contributed by atoms with Gasteiger partial charge in [-0.3, -0.25) is 4.79 Å². The number of nitrogens with one attached hydrogen (secondary N) is 1. The van der Waals surface area contributed by atoms with E-state index in [4.69, 9.17) is 4.74 Å². The molecular formula is C23H26N2O2. The molecule has 0 unspecified atom stereocenters. The first-order valence-corrected chi connectivity index (χ1v) is 9.33. The maximum atomic E-state index is 12.5. The fourth-order valence-electron chi connectivity index (χ4n) is 3.21. The Morgan fingerprint density at radius 2 is 1.81 bits per heavy atom. The van der Waals surface area contributed by atoms with Crippen molar-refractivity contribution in [1.29, 1.82) is 0 Å². The zero-order chi connectivity index (χ0) is 18.9. The van der Waals surface area contributed by atoms with Crippen molar-refractivity contribution in [3.63, 3.8) is 0 Å². The maximum Gasteiger partial charge on any atom is 0.222 e. The average molecular weight is 362 g/mol. The number of nitrogens with zero attached hydrogens (tertiary/aromatic N) is 1. The molecule has 140 valence electrons. The van der Waals surface area contributed by atoms with Gasteiger partial charge in [-0.1, -0.05) is 42.5 Å². The van der Waals surface area contributed by atoms with Crippen molar-refractivity contribution in [2.45, 2.75) is 25.3 Å². The monoisotopic (exact) mass is 362 g/mol. The second-order valence-electron chi connectivity index (χ2n) is 6.57. The number of amides is 1. The van der Waals surface area contributed by atoms with Crippen LogP contribution in [0.2, 0.25) is 0 Å². The molecule has 0 saturated heterocycles. The van der Waals surface area contributed by atoms with Gasteiger partial charge in [0.25, 0.3) is 0 Å². The Bertz CT molecular complexity index is 829. The zero-order valence-corrected chi connectivity index (χ0v) is 15.7. The van der Waals surface area contributed by atoms with Gasteiger partial charge in [-0.2, -0.15) is 0 Å². The normalized spacial score (nSPS) is 11.7. The summed E-state index contributed by atoms with van der Waals surface area (Å²) in [5.74, 6) is 0.859. The molecule has 0 aliphatic rings. The number of aromatic nitrogens is 1. The Morgan fingerprint density at radius 1 is 1.04 bits per heavy atom. The van der Waals surface area contributed by atoms with Gasteiger partial charge in [0.1, 0.15) is 5.75 Å². The van der Waals surface area contributed by atoms with Crippen LogP contribution in [0.25, 0.3) is 0 Å². The van der Waals surface area contributed by atoms with Crippen molar-refractivity contribution in [3.05, 3.63) is 90.3 Å². The molecule has 0 fully saturated rings. The van der Waals surface area contributed by atoms with E-state index in [2.05, 4.69) is 22.0 Å². The van der Waals surface area contributed by atoms with E-state index < -0.39 is 0 Å². The molecular weight excluding hydrogens is 336 g/mol. The highest BCUT2D eigenvalue weighted by Gasteiger charge is 2.17. The molecule has 1 atom stereocenters. The molecule has 3 aromatic rings. The number of rotatable bonds is 9. The van der Waals surface area contributed by atoms with Crippen LogP contribution in [-0.4, -0.2) is 24.1 Å². The van der Waals surface area contributed by atoms with Crippen LogP contribution in [0, 0.1) is 0 Å². The molecule has 2 aromatic carbocycles. The predicted molar refractivity (Wildman–Crippen MR) is 108 cm³/mol. The Morgan fingerprint density at radius 3 is 2.56 bits per heavy atom. The lowest BCUT2D eigenvalue weighted by Gasteiger charge is -2.20. The minimum absolute atomic E-state index is 0.0516. The molecule has 0 saturated carbocycles. The van der Waals surface area contributed by atoms with E-state index in [-0.39, 0.29) is 11.9 Å². The van der Waals surface area contributed by atoms with Gasteiger partial charge in [0, 0.05) is 18.9 Å². The summed E-state index contributed by atoms with van der Waals surface area (Å²) in [5.41, 5.74) is 2.36. The van der Waals surface area contributed by atoms with E-state index in [1.54, 1.807) is 7.11 Å². The first-order valence-electron chi connectivity index (χ1n) is 9.33. The number of aryl methyl sites for hydroxylation is 1. The van der Waals surface area contributed by atoms with Gasteiger partial charge in [0.15, 0.2) is 0 Å². The van der Waals surface area contributed by atoms with Crippen LogP contribution in [0.15, 0.2) is 79.1 Å². The van der Waals surface area contributed by atoms with Crippen LogP contribution >= 0.6 is 0 Å². The van der Waals surface area contributed by atoms with Crippen molar-refractivity contribution in [2.24, 2.45) is 0 Å². The first-order chi connectivity index (χ1) is 13.3. The summed E-state index contributed by atoms with van der Waals surface area (Å²) < 4.78 is 7.41. The fraction of sp³-hybridized carbons (Fsp3) is 0.261. The summed E-state index contributed by atoms with van der Waals surface area (Å²) in [6.45, 7) is 0.685. The zero-order valence-electron chi connectivity index (χ0n) is 15.7. The van der Waals surface area contributed by atoms with Gasteiger partial charge >= 0.3 is 0 Å². The van der Waals surface area contributed by atoms with Crippen molar-refractivity contribution in [3.8, 4) is 5.75 Å². The van der Waals surface area contributed by atoms with Crippen LogP contribution in [0.1, 0.15) is 30.0 Å². The van der Waals surface area contributed by atoms with Crippen LogP contribution in [0.5, 0.6) is 5.75 Å². The standard InChI is InChI=1S/C23H26N2O2/c1-27-21-13-7-12-20(17-21)22(25-15-5-6-16-25)18-23(26)24-14-8-11-19-9-3-2-4-10-19/h2-7,9-10,12-13,15-17,22H,8,11,14,18H2,1H3,(H,24,26)/t22-/m0/s1. The molecule has 0 bridgehead atoms. The number of benzene rings is 2. The highest BCUT2D eigenvalue weighted by atomic mass is 16.5. The molecule has 1 heterocycles. The Labute approximate surface area is 160 Å². The summed E-state index contributed by atoms with van der Waals surface area (Å²) in [6, 6.07) is 22.2. The topological polar surface area (TPSA) is 43.3 Å². The lowest BCUT2D eigenvalue weighted by atomic mass is 10.0. The van der Waals surface area contributed by atoms with Crippen molar-refractivity contribution >= 4 is 5.91 Å². The van der Waals surface area contributed by atoms with E-state index in [0.717, 1.165) is 24.2 Å². The molecule has 27 heavy (non-hydrogen) atoms. The van der Waals surface area contributed by atoms with Crippen molar-refractivity contribution in [2.75, 3.05) is 13.7 Å². The summed E-state index contributed by atoms with van der Waals surface area (Å²) >= 11 is 0. The SMILES string of the molecule is COc1cccc([C@H](CC(=O)NCCCc2ccccc2)n2cccc2)c1. The van der Waals surface area contributed by atoms with Gasteiger partial charge in [-0.15, -0.1) is 0 Å². The smallest absolute Gasteiger partial charge is 0.222 e. The van der Waals surface area contributed by atoms with Gasteiger partial charge in [-0.25, -0.2) is 0 Å². The second kappa shape index (κ2) is 9.62. The molecule has 4 heteroatoms. The molecule has 4 nitrogen and oxygen atoms in total. The molecule has 0 aliphatic carbocycles. The maximum absolute atomic E-state index is 12.5. The summed E-state index contributed by atoms with van der Waals surface area (Å²) in [7, 11) is 1.66. The number of hydrogen-bond acceptors (Lipinski definition) is 2. The average Bonchev–Trinajstić information content (AvgIpc) is 3.25. The molecule has 0 spiro atoms. The third kappa shape index (κ3) is 5.48. The fourth-order valence-corrected chi connectivity index (χ4v) is 3.21. The molecule has 0 radical (unpaired) electrons. The first kappa shape index (κ1) is 18.8. The predicted octanol–water partition coefficient (Wildman–Crippen LogP) is 4.23. The third-order valence-electron chi connectivity index (χ3n) is 4.65. The molecule has 1 aromatic heterocycles. The van der Waals surface area contributed by atoms with E-state index >= 15 is 0 Å². The van der Waals surface area contributed by atoms with Gasteiger partial charge in [-0.05, 0) is 48.2 Å². The minimum atomic E-state index is -0.0516. The van der Waals surface area contributed by atoms with Gasteiger partial charge < -0.3 is 14.6 Å². The van der Waals surface area contributed by atoms with Crippen LogP contribution in [0.3, 0.4) is 0 Å². The Kier molecular flexibility index (Phi) is 6.69. The quantitative estimate of drug-likeness (QED) is 0.579. The lowest BCUT2D eigenvalue weighted by Crippen LogP contribution is -2.28. The third-order valence-corrected chi connectivity index (χ3v) is 4.65. The van der Waals surface area contributed by atoms with E-state index in [1.165, 1.54) is 5.56 Å². The van der Waals surface area contributed by atoms with Crippen LogP contribution in [-0.2, 0) is 11.2 Å². The highest BCUT2D eigenvalue weighted by Crippen LogP contribution is 2.25. The number of carbonyl (C=O) groups is 1. The summed E-state index contributed by atoms with van der Waals surface area (Å²) in [6.07, 6.45) is 6.29. The Balaban J connectivity index is 1.58. The Hall–Kier alpha value is -3.01. The van der Waals surface area contributed by atoms with E-state index in [9.17, 15) is 4.79 Å². The lowest BCUT2D eigenvalue weighted by molar-refractivity contribution is -0.121. The second-order valence-corrected chi connectivity index (χ2v) is 6.57. The molecule has 0 aliphatic heterocycles. The molecule has 1 amide bonds. The van der Waals surface area contributed by atoms with Crippen LogP contribution in [0.4, 0.5) is 0 Å². The van der Waals surface area contributed by atoms with Crippen molar-refractivity contribution in [1.82, 2.24) is 9.88 Å². The minimum Gasteiger partial charge on any atom is -0.497 e. The van der Waals surface area contributed by atoms with E-state index in [1.807, 2.05) is 67.0 Å². The van der Waals surface area contributed by atoms with E-state index in [0.29, 0.717) is 13.0 Å². The molecule has 1 N–H and O–H groups in total.